The summed E-state index contributed by atoms with van der Waals surface area (Å²) in [7, 11) is 0. The molecular formula is C15H18N2O2. The van der Waals surface area contributed by atoms with Crippen LogP contribution in [-0.2, 0) is 4.79 Å². The molecule has 0 aliphatic heterocycles. The third kappa shape index (κ3) is 2.11. The fourth-order valence-corrected chi connectivity index (χ4v) is 3.09. The van der Waals surface area contributed by atoms with Crippen molar-refractivity contribution in [2.45, 2.75) is 38.6 Å². The molecule has 2 aromatic rings. The molecule has 1 saturated carbocycles. The monoisotopic (exact) mass is 258 g/mol. The van der Waals surface area contributed by atoms with Gasteiger partial charge in [-0.2, -0.15) is 5.10 Å². The molecule has 0 unspecified atom stereocenters. The van der Waals surface area contributed by atoms with E-state index in [0.717, 1.165) is 31.4 Å². The quantitative estimate of drug-likeness (QED) is 0.900. The number of aryl methyl sites for hydroxylation is 1. The maximum absolute atomic E-state index is 11.0. The van der Waals surface area contributed by atoms with E-state index in [-0.39, 0.29) is 5.92 Å². The lowest BCUT2D eigenvalue weighted by molar-refractivity contribution is -0.143. The second-order valence-corrected chi connectivity index (χ2v) is 5.39. The number of hydrogen-bond donors (Lipinski definition) is 1. The average molecular weight is 258 g/mol. The van der Waals surface area contributed by atoms with Crippen molar-refractivity contribution in [3.05, 3.63) is 30.0 Å². The van der Waals surface area contributed by atoms with E-state index in [9.17, 15) is 4.79 Å². The summed E-state index contributed by atoms with van der Waals surface area (Å²) in [4.78, 5) is 11.0. The summed E-state index contributed by atoms with van der Waals surface area (Å²) >= 11 is 0. The van der Waals surface area contributed by atoms with Gasteiger partial charge in [-0.3, -0.25) is 9.48 Å². The number of para-hydroxylation sites is 1. The number of nitrogens with zero attached hydrogens (tertiary/aromatic N) is 2. The van der Waals surface area contributed by atoms with E-state index in [2.05, 4.69) is 21.9 Å². The highest BCUT2D eigenvalue weighted by Gasteiger charge is 2.28. The van der Waals surface area contributed by atoms with Crippen LogP contribution in [0.15, 0.2) is 24.3 Å². The molecule has 1 aromatic heterocycles. The minimum Gasteiger partial charge on any atom is -0.481 e. The summed E-state index contributed by atoms with van der Waals surface area (Å²) in [6, 6.07) is 8.59. The van der Waals surface area contributed by atoms with Gasteiger partial charge in [-0.25, -0.2) is 0 Å². The van der Waals surface area contributed by atoms with Crippen molar-refractivity contribution in [3.63, 3.8) is 0 Å². The third-order valence-corrected chi connectivity index (χ3v) is 4.19. The average Bonchev–Trinajstić information content (AvgIpc) is 2.77. The fraction of sp³-hybridized carbons (Fsp3) is 0.467. The first-order valence-electron chi connectivity index (χ1n) is 6.83. The highest BCUT2D eigenvalue weighted by atomic mass is 16.4. The number of rotatable bonds is 2. The molecule has 0 atom stereocenters. The van der Waals surface area contributed by atoms with E-state index in [0.29, 0.717) is 6.04 Å². The molecule has 3 rings (SSSR count). The molecule has 0 amide bonds. The van der Waals surface area contributed by atoms with Crippen molar-refractivity contribution < 1.29 is 9.90 Å². The zero-order valence-electron chi connectivity index (χ0n) is 11.0. The van der Waals surface area contributed by atoms with E-state index in [1.165, 1.54) is 10.9 Å². The van der Waals surface area contributed by atoms with Gasteiger partial charge in [-0.05, 0) is 38.7 Å². The number of carbonyl (C=O) groups is 1. The van der Waals surface area contributed by atoms with Crippen LogP contribution >= 0.6 is 0 Å². The van der Waals surface area contributed by atoms with Crippen molar-refractivity contribution in [2.24, 2.45) is 5.92 Å². The summed E-state index contributed by atoms with van der Waals surface area (Å²) in [5.74, 6) is -0.820. The Balaban J connectivity index is 1.88. The highest BCUT2D eigenvalue weighted by Crippen LogP contribution is 2.34. The molecule has 1 aromatic carbocycles. The summed E-state index contributed by atoms with van der Waals surface area (Å²) in [5, 5.41) is 14.9. The molecule has 1 N–H and O–H groups in total. The fourth-order valence-electron chi connectivity index (χ4n) is 3.09. The van der Waals surface area contributed by atoms with E-state index < -0.39 is 5.97 Å². The van der Waals surface area contributed by atoms with Crippen molar-refractivity contribution in [1.29, 1.82) is 0 Å². The number of aliphatic carboxylic acids is 1. The number of carboxylic acid groups (broad SMARTS) is 1. The largest absolute Gasteiger partial charge is 0.481 e. The van der Waals surface area contributed by atoms with E-state index >= 15 is 0 Å². The molecule has 19 heavy (non-hydrogen) atoms. The lowest BCUT2D eigenvalue weighted by atomic mass is 9.86. The number of benzene rings is 1. The molecule has 0 saturated heterocycles. The van der Waals surface area contributed by atoms with Gasteiger partial charge in [0.1, 0.15) is 0 Å². The van der Waals surface area contributed by atoms with Gasteiger partial charge in [0.05, 0.1) is 23.2 Å². The first-order chi connectivity index (χ1) is 9.16. The molecule has 1 fully saturated rings. The molecule has 0 radical (unpaired) electrons. The van der Waals surface area contributed by atoms with Crippen LogP contribution in [0.5, 0.6) is 0 Å². The van der Waals surface area contributed by atoms with Crippen LogP contribution in [0.2, 0.25) is 0 Å². The van der Waals surface area contributed by atoms with Crippen molar-refractivity contribution in [3.8, 4) is 0 Å². The van der Waals surface area contributed by atoms with Gasteiger partial charge in [0.25, 0.3) is 0 Å². The first kappa shape index (κ1) is 12.2. The van der Waals surface area contributed by atoms with Gasteiger partial charge in [-0.15, -0.1) is 0 Å². The Kier molecular flexibility index (Phi) is 3.01. The van der Waals surface area contributed by atoms with Crippen molar-refractivity contribution in [1.82, 2.24) is 9.78 Å². The number of carboxylic acids is 1. The normalized spacial score (nSPS) is 23.6. The minimum absolute atomic E-state index is 0.167. The number of aromatic nitrogens is 2. The first-order valence-corrected chi connectivity index (χ1v) is 6.83. The van der Waals surface area contributed by atoms with Gasteiger partial charge in [-0.1, -0.05) is 18.2 Å². The highest BCUT2D eigenvalue weighted by molar-refractivity contribution is 5.81. The van der Waals surface area contributed by atoms with Crippen LogP contribution in [0.4, 0.5) is 0 Å². The van der Waals surface area contributed by atoms with Crippen molar-refractivity contribution >= 4 is 16.9 Å². The van der Waals surface area contributed by atoms with Gasteiger partial charge < -0.3 is 5.11 Å². The topological polar surface area (TPSA) is 55.1 Å². The molecule has 1 aliphatic carbocycles. The Morgan fingerprint density at radius 2 is 1.95 bits per heavy atom. The predicted molar refractivity (Wildman–Crippen MR) is 73.1 cm³/mol. The number of fused-ring (bicyclic) bond motifs is 1. The lowest BCUT2D eigenvalue weighted by Crippen LogP contribution is -2.23. The minimum atomic E-state index is -0.653. The smallest absolute Gasteiger partial charge is 0.306 e. The summed E-state index contributed by atoms with van der Waals surface area (Å²) in [6.07, 6.45) is 3.32. The van der Waals surface area contributed by atoms with Gasteiger partial charge >= 0.3 is 5.97 Å². The zero-order chi connectivity index (χ0) is 13.4. The molecule has 1 aliphatic rings. The van der Waals surface area contributed by atoms with E-state index in [1.807, 2.05) is 19.1 Å². The Labute approximate surface area is 112 Å². The van der Waals surface area contributed by atoms with Crippen LogP contribution in [0, 0.1) is 12.8 Å². The van der Waals surface area contributed by atoms with Crippen LogP contribution in [0.3, 0.4) is 0 Å². The summed E-state index contributed by atoms with van der Waals surface area (Å²) in [5.41, 5.74) is 2.22. The predicted octanol–water partition coefficient (Wildman–Crippen LogP) is 3.16. The molecular weight excluding hydrogens is 240 g/mol. The van der Waals surface area contributed by atoms with Gasteiger partial charge in [0, 0.05) is 5.39 Å². The Morgan fingerprint density at radius 3 is 2.63 bits per heavy atom. The molecule has 4 heteroatoms. The molecule has 100 valence electrons. The standard InChI is InChI=1S/C15H18N2O2/c1-10-13-4-2-3-5-14(13)17(16-10)12-8-6-11(7-9-12)15(18)19/h2-5,11-12H,6-9H2,1H3,(H,18,19). The van der Waals surface area contributed by atoms with Gasteiger partial charge in [0.2, 0.25) is 0 Å². The van der Waals surface area contributed by atoms with E-state index in [4.69, 9.17) is 5.11 Å². The summed E-state index contributed by atoms with van der Waals surface area (Å²) < 4.78 is 2.10. The van der Waals surface area contributed by atoms with Crippen LogP contribution in [0.25, 0.3) is 10.9 Å². The third-order valence-electron chi connectivity index (χ3n) is 4.19. The maximum atomic E-state index is 11.0. The molecule has 1 heterocycles. The zero-order valence-corrected chi connectivity index (χ0v) is 11.0. The Morgan fingerprint density at radius 1 is 1.26 bits per heavy atom. The lowest BCUT2D eigenvalue weighted by Gasteiger charge is -2.26. The second-order valence-electron chi connectivity index (χ2n) is 5.39. The molecule has 4 nitrogen and oxygen atoms in total. The maximum Gasteiger partial charge on any atom is 0.306 e. The number of hydrogen-bond acceptors (Lipinski definition) is 2. The van der Waals surface area contributed by atoms with E-state index in [1.54, 1.807) is 0 Å². The van der Waals surface area contributed by atoms with Crippen LogP contribution < -0.4 is 0 Å². The Hall–Kier alpha value is -1.84. The molecule has 0 bridgehead atoms. The summed E-state index contributed by atoms with van der Waals surface area (Å²) in [6.45, 7) is 2.03. The van der Waals surface area contributed by atoms with Crippen LogP contribution in [0.1, 0.15) is 37.4 Å². The second kappa shape index (κ2) is 4.68. The SMILES string of the molecule is Cc1nn(C2CCC(C(=O)O)CC2)c2ccccc12. The van der Waals surface area contributed by atoms with Crippen LogP contribution in [-0.4, -0.2) is 20.9 Å². The van der Waals surface area contributed by atoms with Crippen molar-refractivity contribution in [2.75, 3.05) is 0 Å². The van der Waals surface area contributed by atoms with Gasteiger partial charge in [0.15, 0.2) is 0 Å². The Bertz CT molecular complexity index is 610. The molecule has 0 spiro atoms.